The molecule has 0 saturated carbocycles. The highest BCUT2D eigenvalue weighted by molar-refractivity contribution is 5.15. The van der Waals surface area contributed by atoms with E-state index in [2.05, 4.69) is 10.3 Å². The van der Waals surface area contributed by atoms with E-state index >= 15 is 0 Å². The Morgan fingerprint density at radius 1 is 1.53 bits per heavy atom. The van der Waals surface area contributed by atoms with Gasteiger partial charge in [0.05, 0.1) is 11.8 Å². The number of pyridine rings is 1. The molecule has 2 heterocycles. The lowest BCUT2D eigenvalue weighted by Crippen LogP contribution is -2.34. The van der Waals surface area contributed by atoms with Crippen LogP contribution in [0.4, 0.5) is 8.78 Å². The molecular weight excluding hydrogens is 254 g/mol. The van der Waals surface area contributed by atoms with Gasteiger partial charge in [0.25, 0.3) is 6.43 Å². The Morgan fingerprint density at radius 3 is 3.05 bits per heavy atom. The van der Waals surface area contributed by atoms with E-state index in [-0.39, 0.29) is 12.0 Å². The summed E-state index contributed by atoms with van der Waals surface area (Å²) in [5.74, 6) is 0.232. The van der Waals surface area contributed by atoms with Crippen molar-refractivity contribution in [3.8, 4) is 5.88 Å². The molecule has 1 N–H and O–H groups in total. The first-order valence-corrected chi connectivity index (χ1v) is 6.37. The summed E-state index contributed by atoms with van der Waals surface area (Å²) in [5.41, 5.74) is 0.769. The summed E-state index contributed by atoms with van der Waals surface area (Å²) in [6, 6.07) is 5.47. The molecule has 1 fully saturated rings. The van der Waals surface area contributed by atoms with Crippen LogP contribution < -0.4 is 10.1 Å². The molecule has 0 aliphatic carbocycles. The molecule has 2 atom stereocenters. The van der Waals surface area contributed by atoms with Gasteiger partial charge in [0, 0.05) is 25.3 Å². The smallest absolute Gasteiger partial charge is 0.272 e. The third-order valence-corrected chi connectivity index (χ3v) is 3.06. The summed E-state index contributed by atoms with van der Waals surface area (Å²) in [4.78, 5) is 4.17. The van der Waals surface area contributed by atoms with Gasteiger partial charge >= 0.3 is 0 Å². The fourth-order valence-corrected chi connectivity index (χ4v) is 2.02. The second-order valence-corrected chi connectivity index (χ2v) is 4.52. The molecule has 0 amide bonds. The Labute approximate surface area is 111 Å². The fraction of sp³-hybridized carbons (Fsp3) is 0.615. The highest BCUT2D eigenvalue weighted by atomic mass is 19.3. The van der Waals surface area contributed by atoms with Crippen molar-refractivity contribution >= 4 is 0 Å². The van der Waals surface area contributed by atoms with Gasteiger partial charge in [0.15, 0.2) is 6.61 Å². The molecule has 4 nitrogen and oxygen atoms in total. The number of nitrogens with zero attached hydrogens (tertiary/aromatic N) is 1. The van der Waals surface area contributed by atoms with Gasteiger partial charge in [-0.05, 0) is 19.4 Å². The lowest BCUT2D eigenvalue weighted by molar-refractivity contribution is 0.0794. The van der Waals surface area contributed by atoms with Crippen molar-refractivity contribution < 1.29 is 18.3 Å². The van der Waals surface area contributed by atoms with E-state index in [9.17, 15) is 8.78 Å². The summed E-state index contributed by atoms with van der Waals surface area (Å²) < 4.78 is 34.4. The van der Waals surface area contributed by atoms with Crippen LogP contribution in [0.25, 0.3) is 0 Å². The standard InChI is InChI=1S/C13H18F2N2O2/c1-9-11(5-6-18-9)16-7-10-3-2-4-13(17-10)19-8-12(14)15/h2-4,9,11-12,16H,5-8H2,1H3/t9-,11-/m1/s1. The number of hydrogen-bond donors (Lipinski definition) is 1. The van der Waals surface area contributed by atoms with E-state index < -0.39 is 13.0 Å². The monoisotopic (exact) mass is 272 g/mol. The quantitative estimate of drug-likeness (QED) is 0.860. The average Bonchev–Trinajstić information content (AvgIpc) is 2.80. The molecule has 1 aliphatic rings. The van der Waals surface area contributed by atoms with Gasteiger partial charge in [-0.25, -0.2) is 13.8 Å². The Hall–Kier alpha value is -1.27. The van der Waals surface area contributed by atoms with Crippen molar-refractivity contribution in [2.75, 3.05) is 13.2 Å². The third-order valence-electron chi connectivity index (χ3n) is 3.06. The van der Waals surface area contributed by atoms with Crippen LogP contribution in [0.15, 0.2) is 18.2 Å². The van der Waals surface area contributed by atoms with Crippen molar-refractivity contribution in [1.29, 1.82) is 0 Å². The SMILES string of the molecule is C[C@H]1OCC[C@H]1NCc1cccc(OCC(F)F)n1. The average molecular weight is 272 g/mol. The number of hydrogen-bond acceptors (Lipinski definition) is 4. The Balaban J connectivity index is 1.84. The molecule has 1 saturated heterocycles. The summed E-state index contributed by atoms with van der Waals surface area (Å²) in [6.45, 7) is 2.74. The van der Waals surface area contributed by atoms with Gasteiger partial charge in [0.1, 0.15) is 0 Å². The lowest BCUT2D eigenvalue weighted by Gasteiger charge is -2.15. The molecule has 0 spiro atoms. The second-order valence-electron chi connectivity index (χ2n) is 4.52. The highest BCUT2D eigenvalue weighted by Gasteiger charge is 2.23. The molecule has 0 unspecified atom stereocenters. The third kappa shape index (κ3) is 4.40. The van der Waals surface area contributed by atoms with Gasteiger partial charge in [-0.3, -0.25) is 0 Å². The minimum Gasteiger partial charge on any atom is -0.472 e. The number of aromatic nitrogens is 1. The van der Waals surface area contributed by atoms with Crippen molar-refractivity contribution in [3.05, 3.63) is 23.9 Å². The number of ether oxygens (including phenoxy) is 2. The molecule has 1 aromatic rings. The maximum absolute atomic E-state index is 12.0. The van der Waals surface area contributed by atoms with Crippen LogP contribution in [0, 0.1) is 0 Å². The number of rotatable bonds is 6. The summed E-state index contributed by atoms with van der Waals surface area (Å²) in [5, 5.41) is 3.35. The predicted octanol–water partition coefficient (Wildman–Crippen LogP) is 1.99. The zero-order chi connectivity index (χ0) is 13.7. The topological polar surface area (TPSA) is 43.4 Å². The van der Waals surface area contributed by atoms with Crippen LogP contribution in [-0.4, -0.2) is 36.8 Å². The summed E-state index contributed by atoms with van der Waals surface area (Å²) in [6.07, 6.45) is -1.32. The van der Waals surface area contributed by atoms with E-state index in [1.807, 2.05) is 13.0 Å². The first-order chi connectivity index (χ1) is 9.15. The summed E-state index contributed by atoms with van der Waals surface area (Å²) >= 11 is 0. The van der Waals surface area contributed by atoms with Gasteiger partial charge in [-0.1, -0.05) is 6.07 Å². The van der Waals surface area contributed by atoms with Gasteiger partial charge in [0.2, 0.25) is 5.88 Å². The molecule has 1 aromatic heterocycles. The molecule has 6 heteroatoms. The second kappa shape index (κ2) is 6.77. The zero-order valence-corrected chi connectivity index (χ0v) is 10.8. The van der Waals surface area contributed by atoms with Crippen LogP contribution in [0.2, 0.25) is 0 Å². The zero-order valence-electron chi connectivity index (χ0n) is 10.8. The maximum atomic E-state index is 12.0. The molecule has 0 aromatic carbocycles. The number of halogens is 2. The van der Waals surface area contributed by atoms with Crippen LogP contribution in [-0.2, 0) is 11.3 Å². The molecule has 2 rings (SSSR count). The Morgan fingerprint density at radius 2 is 2.37 bits per heavy atom. The van der Waals surface area contributed by atoms with Crippen LogP contribution in [0.1, 0.15) is 19.0 Å². The lowest BCUT2D eigenvalue weighted by atomic mass is 10.1. The van der Waals surface area contributed by atoms with Crippen molar-refractivity contribution in [2.24, 2.45) is 0 Å². The van der Waals surface area contributed by atoms with Crippen molar-refractivity contribution in [1.82, 2.24) is 10.3 Å². The molecule has 106 valence electrons. The molecule has 19 heavy (non-hydrogen) atoms. The van der Waals surface area contributed by atoms with E-state index in [0.29, 0.717) is 12.6 Å². The van der Waals surface area contributed by atoms with Crippen molar-refractivity contribution in [2.45, 2.75) is 38.5 Å². The molecule has 1 aliphatic heterocycles. The van der Waals surface area contributed by atoms with Crippen LogP contribution in [0.5, 0.6) is 5.88 Å². The fourth-order valence-electron chi connectivity index (χ4n) is 2.02. The number of alkyl halides is 2. The Bertz CT molecular complexity index is 404. The van der Waals surface area contributed by atoms with Gasteiger partial charge in [-0.15, -0.1) is 0 Å². The first kappa shape index (κ1) is 14.1. The molecular formula is C13H18F2N2O2. The van der Waals surface area contributed by atoms with E-state index in [1.54, 1.807) is 12.1 Å². The molecule has 0 bridgehead atoms. The largest absolute Gasteiger partial charge is 0.472 e. The van der Waals surface area contributed by atoms with E-state index in [1.165, 1.54) is 0 Å². The normalized spacial score (nSPS) is 22.9. The van der Waals surface area contributed by atoms with Gasteiger partial charge in [-0.2, -0.15) is 0 Å². The minimum absolute atomic E-state index is 0.193. The maximum Gasteiger partial charge on any atom is 0.272 e. The first-order valence-electron chi connectivity index (χ1n) is 6.37. The number of nitrogens with one attached hydrogen (secondary N) is 1. The Kier molecular flexibility index (Phi) is 5.04. The molecule has 0 radical (unpaired) electrons. The highest BCUT2D eigenvalue weighted by Crippen LogP contribution is 2.14. The summed E-state index contributed by atoms with van der Waals surface area (Å²) in [7, 11) is 0. The van der Waals surface area contributed by atoms with E-state index in [4.69, 9.17) is 9.47 Å². The van der Waals surface area contributed by atoms with Gasteiger partial charge < -0.3 is 14.8 Å². The van der Waals surface area contributed by atoms with E-state index in [0.717, 1.165) is 18.7 Å². The predicted molar refractivity (Wildman–Crippen MR) is 66.4 cm³/mol. The van der Waals surface area contributed by atoms with Crippen LogP contribution >= 0.6 is 0 Å². The minimum atomic E-state index is -2.49. The van der Waals surface area contributed by atoms with Crippen molar-refractivity contribution in [3.63, 3.8) is 0 Å². The van der Waals surface area contributed by atoms with Crippen LogP contribution in [0.3, 0.4) is 0 Å².